The topological polar surface area (TPSA) is 9.23 Å². The van der Waals surface area contributed by atoms with Gasteiger partial charge in [0.25, 0.3) is 0 Å². The monoisotopic (exact) mass is 238 g/mol. The van der Waals surface area contributed by atoms with Crippen LogP contribution in [0.2, 0.25) is 0 Å². The van der Waals surface area contributed by atoms with E-state index in [1.54, 1.807) is 0 Å². The Balaban J connectivity index is 3.11. The molecule has 0 aliphatic carbocycles. The maximum atomic E-state index is 5.47. The second-order valence-electron chi connectivity index (χ2n) is 4.47. The minimum atomic E-state index is 0.755. The van der Waals surface area contributed by atoms with Crippen LogP contribution in [0.4, 0.5) is 0 Å². The molecule has 0 spiro atoms. The quantitative estimate of drug-likeness (QED) is 0.332. The Morgan fingerprint density at radius 2 is 1.12 bits per heavy atom. The standard InChI is InChI=1S/C16H30O/c1-3-5-7-9-11-13-15-17-16-14-12-10-8-6-4-2/h11-14H,3-10,15-16H2,1-2H3/b13-11+,14-12+. The Bertz CT molecular complexity index is 162. The summed E-state index contributed by atoms with van der Waals surface area (Å²) in [6.45, 7) is 5.98. The number of rotatable bonds is 12. The zero-order chi connectivity index (χ0) is 12.6. The van der Waals surface area contributed by atoms with Gasteiger partial charge >= 0.3 is 0 Å². The van der Waals surface area contributed by atoms with Gasteiger partial charge in [0, 0.05) is 0 Å². The van der Waals surface area contributed by atoms with Gasteiger partial charge < -0.3 is 4.74 Å². The summed E-state index contributed by atoms with van der Waals surface area (Å²) in [6.07, 6.45) is 19.0. The van der Waals surface area contributed by atoms with E-state index in [2.05, 4.69) is 38.2 Å². The maximum Gasteiger partial charge on any atom is 0.0651 e. The molecule has 0 bridgehead atoms. The molecule has 0 heterocycles. The smallest absolute Gasteiger partial charge is 0.0651 e. The fourth-order valence-corrected chi connectivity index (χ4v) is 1.60. The van der Waals surface area contributed by atoms with Gasteiger partial charge in [-0.05, 0) is 25.7 Å². The largest absolute Gasteiger partial charge is 0.373 e. The van der Waals surface area contributed by atoms with Gasteiger partial charge in [-0.25, -0.2) is 0 Å². The summed E-state index contributed by atoms with van der Waals surface area (Å²) in [5.41, 5.74) is 0. The van der Waals surface area contributed by atoms with Gasteiger partial charge in [0.2, 0.25) is 0 Å². The normalized spacial score (nSPS) is 11.9. The molecule has 0 unspecified atom stereocenters. The average molecular weight is 238 g/mol. The Labute approximate surface area is 108 Å². The van der Waals surface area contributed by atoms with Crippen molar-refractivity contribution in [2.24, 2.45) is 0 Å². The summed E-state index contributed by atoms with van der Waals surface area (Å²) < 4.78 is 5.47. The summed E-state index contributed by atoms with van der Waals surface area (Å²) in [6, 6.07) is 0. The van der Waals surface area contributed by atoms with Gasteiger partial charge in [-0.3, -0.25) is 0 Å². The fraction of sp³-hybridized carbons (Fsp3) is 0.750. The third kappa shape index (κ3) is 15.4. The van der Waals surface area contributed by atoms with Gasteiger partial charge in [-0.15, -0.1) is 0 Å². The first-order valence-electron chi connectivity index (χ1n) is 7.29. The minimum Gasteiger partial charge on any atom is -0.373 e. The van der Waals surface area contributed by atoms with Crippen molar-refractivity contribution in [2.75, 3.05) is 13.2 Å². The third-order valence-electron chi connectivity index (χ3n) is 2.71. The van der Waals surface area contributed by atoms with Crippen LogP contribution in [0.5, 0.6) is 0 Å². The second-order valence-corrected chi connectivity index (χ2v) is 4.47. The van der Waals surface area contributed by atoms with Crippen LogP contribution in [-0.2, 0) is 4.74 Å². The van der Waals surface area contributed by atoms with Crippen molar-refractivity contribution in [3.05, 3.63) is 24.3 Å². The molecule has 0 rings (SSSR count). The van der Waals surface area contributed by atoms with Crippen molar-refractivity contribution in [1.29, 1.82) is 0 Å². The van der Waals surface area contributed by atoms with Crippen LogP contribution in [-0.4, -0.2) is 13.2 Å². The highest BCUT2D eigenvalue weighted by atomic mass is 16.5. The molecule has 0 aliphatic rings. The lowest BCUT2D eigenvalue weighted by Crippen LogP contribution is -1.90. The molecule has 0 aromatic carbocycles. The molecule has 0 fully saturated rings. The predicted molar refractivity (Wildman–Crippen MR) is 77.4 cm³/mol. The number of hydrogen-bond donors (Lipinski definition) is 0. The number of unbranched alkanes of at least 4 members (excludes halogenated alkanes) is 6. The van der Waals surface area contributed by atoms with E-state index >= 15 is 0 Å². The first kappa shape index (κ1) is 16.4. The van der Waals surface area contributed by atoms with Gasteiger partial charge in [0.1, 0.15) is 0 Å². The first-order chi connectivity index (χ1) is 8.41. The van der Waals surface area contributed by atoms with Crippen LogP contribution in [0.25, 0.3) is 0 Å². The van der Waals surface area contributed by atoms with Gasteiger partial charge in [-0.1, -0.05) is 63.8 Å². The SMILES string of the molecule is CCCCC/C=C/COC/C=C/CCCCC. The van der Waals surface area contributed by atoms with Crippen molar-refractivity contribution in [1.82, 2.24) is 0 Å². The summed E-state index contributed by atoms with van der Waals surface area (Å²) in [5, 5.41) is 0. The molecular weight excluding hydrogens is 208 g/mol. The lowest BCUT2D eigenvalue weighted by molar-refractivity contribution is 0.193. The second kappa shape index (κ2) is 15.4. The van der Waals surface area contributed by atoms with Crippen molar-refractivity contribution < 1.29 is 4.74 Å². The summed E-state index contributed by atoms with van der Waals surface area (Å²) >= 11 is 0. The van der Waals surface area contributed by atoms with Crippen LogP contribution < -0.4 is 0 Å². The van der Waals surface area contributed by atoms with E-state index in [4.69, 9.17) is 4.74 Å². The first-order valence-corrected chi connectivity index (χ1v) is 7.29. The predicted octanol–water partition coefficient (Wildman–Crippen LogP) is 5.28. The molecule has 0 saturated heterocycles. The van der Waals surface area contributed by atoms with Crippen molar-refractivity contribution in [2.45, 2.75) is 65.2 Å². The molecule has 0 aromatic heterocycles. The summed E-state index contributed by atoms with van der Waals surface area (Å²) in [7, 11) is 0. The van der Waals surface area contributed by atoms with Gasteiger partial charge in [-0.2, -0.15) is 0 Å². The lowest BCUT2D eigenvalue weighted by atomic mass is 10.2. The maximum absolute atomic E-state index is 5.47. The highest BCUT2D eigenvalue weighted by Crippen LogP contribution is 2.00. The highest BCUT2D eigenvalue weighted by Gasteiger charge is 1.83. The molecule has 1 heteroatoms. The van der Waals surface area contributed by atoms with E-state index in [9.17, 15) is 0 Å². The van der Waals surface area contributed by atoms with E-state index in [-0.39, 0.29) is 0 Å². The molecule has 0 aliphatic heterocycles. The summed E-state index contributed by atoms with van der Waals surface area (Å²) in [4.78, 5) is 0. The fourth-order valence-electron chi connectivity index (χ4n) is 1.60. The Hall–Kier alpha value is -0.560. The molecule has 1 nitrogen and oxygen atoms in total. The molecule has 100 valence electrons. The molecular formula is C16H30O. The zero-order valence-corrected chi connectivity index (χ0v) is 11.8. The van der Waals surface area contributed by atoms with Crippen LogP contribution in [0.3, 0.4) is 0 Å². The van der Waals surface area contributed by atoms with E-state index < -0.39 is 0 Å². The average Bonchev–Trinajstić information content (AvgIpc) is 2.35. The Morgan fingerprint density at radius 3 is 1.53 bits per heavy atom. The van der Waals surface area contributed by atoms with Crippen LogP contribution >= 0.6 is 0 Å². The number of ether oxygens (including phenoxy) is 1. The molecule has 0 radical (unpaired) electrons. The molecule has 0 N–H and O–H groups in total. The molecule has 0 atom stereocenters. The number of allylic oxidation sites excluding steroid dienone is 2. The van der Waals surface area contributed by atoms with Gasteiger partial charge in [0.15, 0.2) is 0 Å². The van der Waals surface area contributed by atoms with E-state index in [0.29, 0.717) is 0 Å². The molecule has 0 saturated carbocycles. The van der Waals surface area contributed by atoms with Crippen LogP contribution in [0, 0.1) is 0 Å². The Kier molecular flexibility index (Phi) is 14.9. The lowest BCUT2D eigenvalue weighted by Gasteiger charge is -1.96. The van der Waals surface area contributed by atoms with Crippen molar-refractivity contribution in [3.63, 3.8) is 0 Å². The highest BCUT2D eigenvalue weighted by molar-refractivity contribution is 4.84. The summed E-state index contributed by atoms with van der Waals surface area (Å²) in [5.74, 6) is 0. The third-order valence-corrected chi connectivity index (χ3v) is 2.71. The molecule has 0 amide bonds. The van der Waals surface area contributed by atoms with E-state index in [0.717, 1.165) is 13.2 Å². The van der Waals surface area contributed by atoms with Crippen LogP contribution in [0.15, 0.2) is 24.3 Å². The minimum absolute atomic E-state index is 0.755. The van der Waals surface area contributed by atoms with Crippen LogP contribution in [0.1, 0.15) is 65.2 Å². The molecule has 17 heavy (non-hydrogen) atoms. The Morgan fingerprint density at radius 1 is 0.647 bits per heavy atom. The van der Waals surface area contributed by atoms with E-state index in [1.807, 2.05) is 0 Å². The number of hydrogen-bond acceptors (Lipinski definition) is 1. The molecule has 0 aromatic rings. The zero-order valence-electron chi connectivity index (χ0n) is 11.8. The van der Waals surface area contributed by atoms with Crippen molar-refractivity contribution >= 4 is 0 Å². The van der Waals surface area contributed by atoms with Gasteiger partial charge in [0.05, 0.1) is 13.2 Å². The van der Waals surface area contributed by atoms with E-state index in [1.165, 1.54) is 51.4 Å². The van der Waals surface area contributed by atoms with Crippen molar-refractivity contribution in [3.8, 4) is 0 Å².